The second kappa shape index (κ2) is 7.27. The van der Waals surface area contributed by atoms with Gasteiger partial charge in [0.05, 0.1) is 21.2 Å². The predicted molar refractivity (Wildman–Crippen MR) is 89.1 cm³/mol. The summed E-state index contributed by atoms with van der Waals surface area (Å²) in [5, 5.41) is 0. The van der Waals surface area contributed by atoms with E-state index in [1.54, 1.807) is 24.3 Å². The van der Waals surface area contributed by atoms with Crippen molar-refractivity contribution in [2.24, 2.45) is 0 Å². The zero-order valence-electron chi connectivity index (χ0n) is 13.3. The minimum atomic E-state index is -3.38. The molecule has 0 unspecified atom stereocenters. The average Bonchev–Trinajstić information content (AvgIpc) is 2.57. The van der Waals surface area contributed by atoms with Gasteiger partial charge in [-0.1, -0.05) is 52.0 Å². The van der Waals surface area contributed by atoms with E-state index in [1.807, 2.05) is 63.9 Å². The Morgan fingerprint density at radius 1 is 0.714 bits per heavy atom. The maximum atomic E-state index is 12.4. The second-order valence-electron chi connectivity index (χ2n) is 4.00. The molecule has 0 atom stereocenters. The first-order valence-corrected chi connectivity index (χ1v) is 8.77. The van der Waals surface area contributed by atoms with Crippen molar-refractivity contribution < 1.29 is 8.42 Å². The molecular formula is C17H23NO2S. The van der Waals surface area contributed by atoms with Crippen molar-refractivity contribution in [3.05, 3.63) is 48.5 Å². The van der Waals surface area contributed by atoms with Crippen LogP contribution < -0.4 is 4.90 Å². The van der Waals surface area contributed by atoms with Crippen LogP contribution in [0, 0.1) is 0 Å². The van der Waals surface area contributed by atoms with Gasteiger partial charge in [-0.25, -0.2) is 8.42 Å². The number of nitrogens with zero attached hydrogens (tertiary/aromatic N) is 1. The van der Waals surface area contributed by atoms with Crippen molar-refractivity contribution in [2.45, 2.75) is 37.5 Å². The quantitative estimate of drug-likeness (QED) is 0.711. The number of hydrogen-bond donors (Lipinski definition) is 0. The number of anilines is 2. The minimum Gasteiger partial charge on any atom is -0.342 e. The molecule has 0 saturated heterocycles. The predicted octanol–water partition coefficient (Wildman–Crippen LogP) is 4.65. The van der Waals surface area contributed by atoms with Crippen LogP contribution in [0.15, 0.2) is 58.3 Å². The Kier molecular flexibility index (Phi) is 5.97. The molecule has 0 aromatic heterocycles. The van der Waals surface area contributed by atoms with E-state index in [1.165, 1.54) is 0 Å². The third kappa shape index (κ3) is 2.95. The largest absolute Gasteiger partial charge is 0.342 e. The van der Waals surface area contributed by atoms with E-state index in [0.29, 0.717) is 9.79 Å². The molecule has 0 N–H and O–H groups in total. The zero-order valence-corrected chi connectivity index (χ0v) is 14.1. The fourth-order valence-electron chi connectivity index (χ4n) is 2.17. The maximum absolute atomic E-state index is 12.4. The molecule has 3 nitrogen and oxygen atoms in total. The number of hydrogen-bond acceptors (Lipinski definition) is 3. The van der Waals surface area contributed by atoms with Crippen molar-refractivity contribution in [3.8, 4) is 0 Å². The lowest BCUT2D eigenvalue weighted by atomic mass is 10.2. The molecule has 0 amide bonds. The van der Waals surface area contributed by atoms with Crippen LogP contribution in [0.5, 0.6) is 0 Å². The number of para-hydroxylation sites is 2. The Morgan fingerprint density at radius 2 is 1.05 bits per heavy atom. The number of rotatable bonds is 0. The summed E-state index contributed by atoms with van der Waals surface area (Å²) in [6, 6.07) is 14.1. The van der Waals surface area contributed by atoms with Crippen LogP contribution in [-0.2, 0) is 9.84 Å². The van der Waals surface area contributed by atoms with Crippen LogP contribution in [0.1, 0.15) is 27.7 Å². The molecule has 1 heterocycles. The molecule has 21 heavy (non-hydrogen) atoms. The SMILES string of the molecule is CC.CC.CN1c2ccccc2S(=O)(=O)c2ccccc21. The first-order chi connectivity index (χ1) is 10.1. The first kappa shape index (κ1) is 17.2. The molecule has 0 fully saturated rings. The molecule has 0 aliphatic carbocycles. The van der Waals surface area contributed by atoms with E-state index in [4.69, 9.17) is 0 Å². The standard InChI is InChI=1S/C13H11NO2S.2C2H6/c1-14-10-6-2-4-8-12(10)17(15,16)13-9-5-3-7-11(13)14;2*1-2/h2-9H,1H3;2*1-2H3. The summed E-state index contributed by atoms with van der Waals surface area (Å²) in [6.45, 7) is 8.00. The highest BCUT2D eigenvalue weighted by molar-refractivity contribution is 7.92. The first-order valence-electron chi connectivity index (χ1n) is 7.29. The fourth-order valence-corrected chi connectivity index (χ4v) is 3.88. The van der Waals surface area contributed by atoms with Gasteiger partial charge in [0.15, 0.2) is 0 Å². The molecule has 1 aliphatic heterocycles. The van der Waals surface area contributed by atoms with Gasteiger partial charge in [0.2, 0.25) is 9.84 Å². The molecule has 1 aliphatic rings. The molecule has 2 aromatic rings. The molecule has 4 heteroatoms. The Hall–Kier alpha value is -1.81. The van der Waals surface area contributed by atoms with Crippen LogP contribution in [0.2, 0.25) is 0 Å². The van der Waals surface area contributed by atoms with Gasteiger partial charge >= 0.3 is 0 Å². The second-order valence-corrected chi connectivity index (χ2v) is 5.88. The van der Waals surface area contributed by atoms with Gasteiger partial charge < -0.3 is 4.90 Å². The smallest absolute Gasteiger partial charge is 0.210 e. The van der Waals surface area contributed by atoms with Gasteiger partial charge in [-0.3, -0.25) is 0 Å². The van der Waals surface area contributed by atoms with Crippen LogP contribution in [0.25, 0.3) is 0 Å². The highest BCUT2D eigenvalue weighted by Crippen LogP contribution is 2.42. The Bertz CT molecular complexity index is 640. The lowest BCUT2D eigenvalue weighted by molar-refractivity contribution is 0.594. The third-order valence-electron chi connectivity index (χ3n) is 3.03. The molecule has 0 bridgehead atoms. The van der Waals surface area contributed by atoms with E-state index in [2.05, 4.69) is 0 Å². The van der Waals surface area contributed by atoms with Crippen LogP contribution in [0.3, 0.4) is 0 Å². The zero-order chi connectivity index (χ0) is 16.0. The van der Waals surface area contributed by atoms with Crippen LogP contribution >= 0.6 is 0 Å². The Labute approximate surface area is 128 Å². The van der Waals surface area contributed by atoms with Gasteiger partial charge in [-0.05, 0) is 24.3 Å². The van der Waals surface area contributed by atoms with Crippen molar-refractivity contribution in [1.29, 1.82) is 0 Å². The van der Waals surface area contributed by atoms with Gasteiger partial charge in [0, 0.05) is 7.05 Å². The summed E-state index contributed by atoms with van der Waals surface area (Å²) in [5.74, 6) is 0. The molecule has 0 spiro atoms. The summed E-state index contributed by atoms with van der Waals surface area (Å²) in [4.78, 5) is 2.66. The average molecular weight is 305 g/mol. The minimum absolute atomic E-state index is 0.376. The van der Waals surface area contributed by atoms with Crippen molar-refractivity contribution in [1.82, 2.24) is 0 Å². The maximum Gasteiger partial charge on any atom is 0.210 e. The Morgan fingerprint density at radius 3 is 1.43 bits per heavy atom. The highest BCUT2D eigenvalue weighted by Gasteiger charge is 2.31. The van der Waals surface area contributed by atoms with E-state index in [0.717, 1.165) is 11.4 Å². The molecule has 0 radical (unpaired) electrons. The molecule has 2 aromatic carbocycles. The summed E-state index contributed by atoms with van der Waals surface area (Å²) < 4.78 is 24.8. The lowest BCUT2D eigenvalue weighted by Crippen LogP contribution is -2.21. The number of benzene rings is 2. The number of fused-ring (bicyclic) bond motifs is 2. The molecule has 3 rings (SSSR count). The highest BCUT2D eigenvalue weighted by atomic mass is 32.2. The third-order valence-corrected chi connectivity index (χ3v) is 4.88. The van der Waals surface area contributed by atoms with Crippen molar-refractivity contribution >= 4 is 21.2 Å². The summed E-state index contributed by atoms with van der Waals surface area (Å²) in [6.07, 6.45) is 0. The summed E-state index contributed by atoms with van der Waals surface area (Å²) in [7, 11) is -1.49. The summed E-state index contributed by atoms with van der Waals surface area (Å²) >= 11 is 0. The topological polar surface area (TPSA) is 37.4 Å². The monoisotopic (exact) mass is 305 g/mol. The van der Waals surface area contributed by atoms with E-state index in [9.17, 15) is 8.42 Å². The molecule has 0 saturated carbocycles. The molecule has 114 valence electrons. The van der Waals surface area contributed by atoms with Crippen LogP contribution in [-0.4, -0.2) is 15.5 Å². The van der Waals surface area contributed by atoms with Gasteiger partial charge in [0.1, 0.15) is 0 Å². The van der Waals surface area contributed by atoms with Crippen molar-refractivity contribution in [2.75, 3.05) is 11.9 Å². The lowest BCUT2D eigenvalue weighted by Gasteiger charge is -2.29. The van der Waals surface area contributed by atoms with E-state index in [-0.39, 0.29) is 0 Å². The van der Waals surface area contributed by atoms with E-state index >= 15 is 0 Å². The van der Waals surface area contributed by atoms with E-state index < -0.39 is 9.84 Å². The summed E-state index contributed by atoms with van der Waals surface area (Å²) in [5.41, 5.74) is 1.46. The Balaban J connectivity index is 0.000000510. The fraction of sp³-hybridized carbons (Fsp3) is 0.294. The normalized spacial score (nSPS) is 13.7. The van der Waals surface area contributed by atoms with Gasteiger partial charge in [-0.2, -0.15) is 0 Å². The number of sulfone groups is 1. The van der Waals surface area contributed by atoms with Gasteiger partial charge in [-0.15, -0.1) is 0 Å². The van der Waals surface area contributed by atoms with Crippen molar-refractivity contribution in [3.63, 3.8) is 0 Å². The van der Waals surface area contributed by atoms with Gasteiger partial charge in [0.25, 0.3) is 0 Å². The molecular weight excluding hydrogens is 282 g/mol. The van der Waals surface area contributed by atoms with Crippen LogP contribution in [0.4, 0.5) is 11.4 Å².